The normalized spacial score (nSPS) is 15.7. The van der Waals surface area contributed by atoms with Crippen molar-refractivity contribution in [1.82, 2.24) is 0 Å². The molecule has 2 rings (SSSR count). The van der Waals surface area contributed by atoms with Crippen LogP contribution in [0.2, 0.25) is 0 Å². The Balaban J connectivity index is 2.69. The van der Waals surface area contributed by atoms with Crippen LogP contribution >= 0.6 is 15.9 Å². The van der Waals surface area contributed by atoms with E-state index < -0.39 is 18.1 Å². The zero-order chi connectivity index (χ0) is 14.9. The van der Waals surface area contributed by atoms with E-state index in [1.54, 1.807) is 24.3 Å². The van der Waals surface area contributed by atoms with E-state index in [1.807, 2.05) is 6.92 Å². The van der Waals surface area contributed by atoms with Crippen LogP contribution in [0.5, 0.6) is 0 Å². The van der Waals surface area contributed by atoms with E-state index >= 15 is 0 Å². The van der Waals surface area contributed by atoms with Crippen molar-refractivity contribution >= 4 is 33.8 Å². The first-order valence-corrected chi connectivity index (χ1v) is 6.54. The quantitative estimate of drug-likeness (QED) is 0.641. The molecular formula is C13H11BrO6. The predicted molar refractivity (Wildman–Crippen MR) is 72.5 cm³/mol. The molecule has 0 aromatic heterocycles. The third kappa shape index (κ3) is 2.14. The van der Waals surface area contributed by atoms with Crippen LogP contribution in [0.3, 0.4) is 0 Å². The number of rotatable bonds is 3. The van der Waals surface area contributed by atoms with E-state index in [-0.39, 0.29) is 4.48 Å². The molecule has 2 N–H and O–H groups in total. The lowest BCUT2D eigenvalue weighted by molar-refractivity contribution is -0.156. The van der Waals surface area contributed by atoms with Gasteiger partial charge >= 0.3 is 18.1 Å². The maximum Gasteiger partial charge on any atom is 0.509 e. The highest BCUT2D eigenvalue weighted by Crippen LogP contribution is 2.51. The first-order valence-electron chi connectivity index (χ1n) is 5.75. The molecule has 0 bridgehead atoms. The van der Waals surface area contributed by atoms with E-state index in [9.17, 15) is 9.59 Å². The smallest absolute Gasteiger partial charge is 0.450 e. The van der Waals surface area contributed by atoms with E-state index in [2.05, 4.69) is 15.9 Å². The summed E-state index contributed by atoms with van der Waals surface area (Å²) < 4.78 is 9.83. The summed E-state index contributed by atoms with van der Waals surface area (Å²) in [7, 11) is 0. The number of benzene rings is 1. The molecule has 0 atom stereocenters. The van der Waals surface area contributed by atoms with Gasteiger partial charge in [0.1, 0.15) is 0 Å². The number of hydrogen-bond acceptors (Lipinski definition) is 4. The summed E-state index contributed by atoms with van der Waals surface area (Å²) in [4.78, 5) is 21.9. The van der Waals surface area contributed by atoms with Crippen molar-refractivity contribution in [2.75, 3.05) is 0 Å². The summed E-state index contributed by atoms with van der Waals surface area (Å²) in [6, 6.07) is 6.76. The predicted octanol–water partition coefficient (Wildman–Crippen LogP) is 3.76. The van der Waals surface area contributed by atoms with Crippen LogP contribution in [-0.2, 0) is 15.3 Å². The largest absolute Gasteiger partial charge is 0.509 e. The van der Waals surface area contributed by atoms with Gasteiger partial charge in [0, 0.05) is 5.56 Å². The summed E-state index contributed by atoms with van der Waals surface area (Å²) in [6.07, 6.45) is -2.70. The summed E-state index contributed by atoms with van der Waals surface area (Å²) in [5, 5.41) is 17.8. The van der Waals surface area contributed by atoms with Gasteiger partial charge < -0.3 is 19.7 Å². The molecule has 7 heteroatoms. The molecule has 0 saturated heterocycles. The van der Waals surface area contributed by atoms with Crippen molar-refractivity contribution in [1.29, 1.82) is 0 Å². The second-order valence-electron chi connectivity index (χ2n) is 4.04. The third-order valence-electron chi connectivity index (χ3n) is 2.98. The molecule has 106 valence electrons. The molecule has 6 nitrogen and oxygen atoms in total. The van der Waals surface area contributed by atoms with Crippen LogP contribution in [0.4, 0.5) is 9.59 Å². The monoisotopic (exact) mass is 342 g/mol. The second-order valence-corrected chi connectivity index (χ2v) is 4.84. The van der Waals surface area contributed by atoms with Crippen LogP contribution in [0, 0.1) is 0 Å². The van der Waals surface area contributed by atoms with Crippen LogP contribution in [0.25, 0.3) is 5.57 Å². The number of ether oxygens (including phenoxy) is 2. The van der Waals surface area contributed by atoms with Gasteiger partial charge in [0.15, 0.2) is 0 Å². The molecule has 1 aromatic rings. The minimum atomic E-state index is -2.00. The van der Waals surface area contributed by atoms with Gasteiger partial charge in [-0.15, -0.1) is 0 Å². The number of carboxylic acid groups (broad SMARTS) is 2. The van der Waals surface area contributed by atoms with Gasteiger partial charge in [0.25, 0.3) is 0 Å². The zero-order valence-electron chi connectivity index (χ0n) is 10.4. The lowest BCUT2D eigenvalue weighted by Gasteiger charge is -2.27. The highest BCUT2D eigenvalue weighted by molar-refractivity contribution is 9.12. The molecule has 0 aliphatic heterocycles. The molecular weight excluding hydrogens is 332 g/mol. The Kier molecular flexibility index (Phi) is 3.71. The van der Waals surface area contributed by atoms with E-state index in [4.69, 9.17) is 19.7 Å². The van der Waals surface area contributed by atoms with Gasteiger partial charge in [-0.2, -0.15) is 0 Å². The number of allylic oxidation sites excluding steroid dienone is 1. The number of carbonyl (C=O) groups is 2. The average Bonchev–Trinajstić information content (AvgIpc) is 2.58. The Morgan fingerprint density at radius 2 is 1.75 bits per heavy atom. The standard InChI is InChI=1S/C13H11BrO6/c1-2-7-8-5-3-4-6-9(8)13(10(7)14,19-11(15)16)20-12(17)18/h3-6H,2H2,1H3,(H,15,16)(H,17,18). The molecule has 0 amide bonds. The Morgan fingerprint density at radius 3 is 2.25 bits per heavy atom. The van der Waals surface area contributed by atoms with E-state index in [0.717, 1.165) is 5.57 Å². The van der Waals surface area contributed by atoms with Gasteiger partial charge in [0.05, 0.1) is 4.48 Å². The molecule has 0 saturated carbocycles. The van der Waals surface area contributed by atoms with Gasteiger partial charge in [0.2, 0.25) is 0 Å². The van der Waals surface area contributed by atoms with Crippen molar-refractivity contribution in [2.24, 2.45) is 0 Å². The van der Waals surface area contributed by atoms with Crippen molar-refractivity contribution in [3.63, 3.8) is 0 Å². The summed E-state index contributed by atoms with van der Waals surface area (Å²) in [5.41, 5.74) is 1.78. The van der Waals surface area contributed by atoms with Crippen LogP contribution < -0.4 is 0 Å². The van der Waals surface area contributed by atoms with Crippen molar-refractivity contribution in [3.8, 4) is 0 Å². The molecule has 0 radical (unpaired) electrons. The highest BCUT2D eigenvalue weighted by atomic mass is 79.9. The van der Waals surface area contributed by atoms with E-state index in [0.29, 0.717) is 17.5 Å². The minimum absolute atomic E-state index is 0.249. The van der Waals surface area contributed by atoms with Gasteiger partial charge in [-0.25, -0.2) is 9.59 Å². The van der Waals surface area contributed by atoms with E-state index in [1.165, 1.54) is 0 Å². The first kappa shape index (κ1) is 14.4. The minimum Gasteiger partial charge on any atom is -0.450 e. The fourth-order valence-electron chi connectivity index (χ4n) is 2.28. The van der Waals surface area contributed by atoms with Crippen LogP contribution in [0.1, 0.15) is 24.5 Å². The molecule has 0 fully saturated rings. The number of hydrogen-bond donors (Lipinski definition) is 2. The maximum atomic E-state index is 11.0. The Labute approximate surface area is 122 Å². The highest BCUT2D eigenvalue weighted by Gasteiger charge is 2.51. The lowest BCUT2D eigenvalue weighted by atomic mass is 10.0. The van der Waals surface area contributed by atoms with Crippen LogP contribution in [-0.4, -0.2) is 22.5 Å². The molecule has 20 heavy (non-hydrogen) atoms. The van der Waals surface area contributed by atoms with Gasteiger partial charge in [-0.1, -0.05) is 31.2 Å². The van der Waals surface area contributed by atoms with Gasteiger partial charge in [-0.05, 0) is 33.5 Å². The molecule has 1 aliphatic carbocycles. The Morgan fingerprint density at radius 1 is 1.20 bits per heavy atom. The second kappa shape index (κ2) is 5.16. The average molecular weight is 343 g/mol. The maximum absolute atomic E-state index is 11.0. The van der Waals surface area contributed by atoms with Crippen molar-refractivity contribution in [2.45, 2.75) is 19.1 Å². The van der Waals surface area contributed by atoms with Crippen molar-refractivity contribution < 1.29 is 29.3 Å². The fourth-order valence-corrected chi connectivity index (χ4v) is 3.15. The topological polar surface area (TPSA) is 93.1 Å². The molecule has 1 aliphatic rings. The lowest BCUT2D eigenvalue weighted by Crippen LogP contribution is -2.36. The SMILES string of the molecule is CCC1=C(Br)C(OC(=O)O)(OC(=O)O)c2ccccc21. The fraction of sp³-hybridized carbons (Fsp3) is 0.231. The van der Waals surface area contributed by atoms with Crippen molar-refractivity contribution in [3.05, 3.63) is 39.9 Å². The van der Waals surface area contributed by atoms with Gasteiger partial charge in [-0.3, -0.25) is 0 Å². The summed E-state index contributed by atoms with van der Waals surface area (Å²) in [6.45, 7) is 1.87. The number of fused-ring (bicyclic) bond motifs is 1. The molecule has 0 heterocycles. The molecule has 0 unspecified atom stereocenters. The Hall–Kier alpha value is -2.02. The summed E-state index contributed by atoms with van der Waals surface area (Å²) >= 11 is 3.23. The third-order valence-corrected chi connectivity index (χ3v) is 3.98. The first-order chi connectivity index (χ1) is 9.42. The van der Waals surface area contributed by atoms with Crippen LogP contribution in [0.15, 0.2) is 28.7 Å². The molecule has 1 aromatic carbocycles. The zero-order valence-corrected chi connectivity index (χ0v) is 12.0. The summed E-state index contributed by atoms with van der Waals surface area (Å²) in [5.74, 6) is -2.00. The molecule has 0 spiro atoms. The number of halogens is 1. The Bertz CT molecular complexity index is 591.